The van der Waals surface area contributed by atoms with E-state index in [-0.39, 0.29) is 6.54 Å². The zero-order valence-corrected chi connectivity index (χ0v) is 8.72. The van der Waals surface area contributed by atoms with Crippen LogP contribution in [0.4, 0.5) is 26.3 Å². The van der Waals surface area contributed by atoms with Gasteiger partial charge in [0, 0.05) is 18.8 Å². The molecule has 102 valence electrons. The largest absolute Gasteiger partial charge is 0.455 e. The van der Waals surface area contributed by atoms with Gasteiger partial charge in [-0.1, -0.05) is 0 Å². The van der Waals surface area contributed by atoms with Gasteiger partial charge < -0.3 is 10.5 Å². The van der Waals surface area contributed by atoms with Gasteiger partial charge in [-0.25, -0.2) is 4.98 Å². The van der Waals surface area contributed by atoms with E-state index in [4.69, 9.17) is 5.73 Å². The van der Waals surface area contributed by atoms with Crippen LogP contribution in [0.15, 0.2) is 18.3 Å². The number of hydrogen-bond acceptors (Lipinski definition) is 3. The zero-order chi connectivity index (χ0) is 14.0. The Balaban J connectivity index is 2.97. The Morgan fingerprint density at radius 2 is 1.72 bits per heavy atom. The van der Waals surface area contributed by atoms with Gasteiger partial charge in [-0.3, -0.25) is 0 Å². The molecule has 0 spiro atoms. The van der Waals surface area contributed by atoms with Crippen molar-refractivity contribution in [3.8, 4) is 5.88 Å². The number of halogens is 6. The maximum Gasteiger partial charge on any atom is 0.434 e. The second-order valence-corrected chi connectivity index (χ2v) is 3.29. The molecular formula is C9H8F6N2O. The first-order chi connectivity index (χ1) is 8.14. The van der Waals surface area contributed by atoms with Gasteiger partial charge in [0.25, 0.3) is 6.10 Å². The normalized spacial score (nSPS) is 12.9. The third-order valence-corrected chi connectivity index (χ3v) is 1.87. The molecule has 0 amide bonds. The molecule has 18 heavy (non-hydrogen) atoms. The molecule has 3 nitrogen and oxygen atoms in total. The van der Waals surface area contributed by atoms with Crippen LogP contribution in [0.1, 0.15) is 5.56 Å². The Morgan fingerprint density at radius 1 is 1.17 bits per heavy atom. The number of rotatable bonds is 3. The summed E-state index contributed by atoms with van der Waals surface area (Å²) in [7, 11) is 0. The predicted octanol–water partition coefficient (Wildman–Crippen LogP) is 2.41. The minimum absolute atomic E-state index is 0.0540. The van der Waals surface area contributed by atoms with Crippen LogP contribution in [0.3, 0.4) is 0 Å². The van der Waals surface area contributed by atoms with Crippen LogP contribution in [0.2, 0.25) is 0 Å². The van der Waals surface area contributed by atoms with Crippen LogP contribution >= 0.6 is 0 Å². The first-order valence-corrected chi connectivity index (χ1v) is 4.59. The van der Waals surface area contributed by atoms with E-state index in [0.29, 0.717) is 5.56 Å². The fourth-order valence-electron chi connectivity index (χ4n) is 1.08. The summed E-state index contributed by atoms with van der Waals surface area (Å²) >= 11 is 0. The highest BCUT2D eigenvalue weighted by molar-refractivity contribution is 5.20. The predicted molar refractivity (Wildman–Crippen MR) is 48.7 cm³/mol. The fourth-order valence-corrected chi connectivity index (χ4v) is 1.08. The second-order valence-electron chi connectivity index (χ2n) is 3.29. The van der Waals surface area contributed by atoms with Crippen molar-refractivity contribution in [3.05, 3.63) is 23.9 Å². The number of pyridine rings is 1. The average molecular weight is 274 g/mol. The minimum Gasteiger partial charge on any atom is -0.455 e. The molecule has 1 aromatic heterocycles. The van der Waals surface area contributed by atoms with Gasteiger partial charge in [0.15, 0.2) is 0 Å². The van der Waals surface area contributed by atoms with Gasteiger partial charge in [0.1, 0.15) is 0 Å². The molecule has 0 aliphatic rings. The first kappa shape index (κ1) is 14.6. The molecule has 0 saturated heterocycles. The number of hydrogen-bond donors (Lipinski definition) is 1. The summed E-state index contributed by atoms with van der Waals surface area (Å²) in [4.78, 5) is 3.28. The topological polar surface area (TPSA) is 48.1 Å². The van der Waals surface area contributed by atoms with Crippen LogP contribution in [0.5, 0.6) is 5.88 Å². The Kier molecular flexibility index (Phi) is 4.05. The molecule has 0 fully saturated rings. The average Bonchev–Trinajstić information content (AvgIpc) is 2.23. The summed E-state index contributed by atoms with van der Waals surface area (Å²) in [5.41, 5.74) is 5.50. The van der Waals surface area contributed by atoms with Gasteiger partial charge in [-0.2, -0.15) is 26.3 Å². The van der Waals surface area contributed by atoms with E-state index in [1.165, 1.54) is 6.07 Å². The monoisotopic (exact) mass is 274 g/mol. The highest BCUT2D eigenvalue weighted by atomic mass is 19.4. The number of nitrogens with two attached hydrogens (primary N) is 1. The van der Waals surface area contributed by atoms with Crippen molar-refractivity contribution in [2.45, 2.75) is 25.0 Å². The lowest BCUT2D eigenvalue weighted by Gasteiger charge is -2.23. The van der Waals surface area contributed by atoms with Crippen LogP contribution < -0.4 is 10.5 Å². The summed E-state index contributed by atoms with van der Waals surface area (Å²) in [6, 6.07) is 2.27. The van der Waals surface area contributed by atoms with Crippen molar-refractivity contribution >= 4 is 0 Å². The molecular weight excluding hydrogens is 266 g/mol. The van der Waals surface area contributed by atoms with Crippen molar-refractivity contribution in [3.63, 3.8) is 0 Å². The number of alkyl halides is 6. The molecule has 0 bridgehead atoms. The molecule has 0 aliphatic heterocycles. The SMILES string of the molecule is NCc1ccnc(OC(C(F)(F)F)C(F)(F)F)c1. The van der Waals surface area contributed by atoms with E-state index in [1.54, 1.807) is 0 Å². The van der Waals surface area contributed by atoms with Crippen molar-refractivity contribution in [2.24, 2.45) is 5.73 Å². The fraction of sp³-hybridized carbons (Fsp3) is 0.444. The van der Waals surface area contributed by atoms with E-state index in [1.807, 2.05) is 0 Å². The van der Waals surface area contributed by atoms with Crippen molar-refractivity contribution in [1.82, 2.24) is 4.98 Å². The van der Waals surface area contributed by atoms with Crippen molar-refractivity contribution < 1.29 is 31.1 Å². The lowest BCUT2D eigenvalue weighted by atomic mass is 10.2. The molecule has 1 aromatic rings. The molecule has 0 atom stereocenters. The quantitative estimate of drug-likeness (QED) is 0.861. The summed E-state index contributed by atoms with van der Waals surface area (Å²) in [5, 5.41) is 0. The molecule has 2 N–H and O–H groups in total. The summed E-state index contributed by atoms with van der Waals surface area (Å²) in [5.74, 6) is -0.780. The van der Waals surface area contributed by atoms with Gasteiger partial charge in [-0.15, -0.1) is 0 Å². The van der Waals surface area contributed by atoms with Crippen molar-refractivity contribution in [1.29, 1.82) is 0 Å². The van der Waals surface area contributed by atoms with E-state index in [9.17, 15) is 26.3 Å². The molecule has 0 aromatic carbocycles. The summed E-state index contributed by atoms with van der Waals surface area (Å²) in [6.45, 7) is -0.0540. The number of nitrogens with zero attached hydrogens (tertiary/aromatic N) is 1. The maximum absolute atomic E-state index is 12.2. The third kappa shape index (κ3) is 3.76. The lowest BCUT2D eigenvalue weighted by Crippen LogP contribution is -2.46. The van der Waals surface area contributed by atoms with Gasteiger partial charge in [0.2, 0.25) is 5.88 Å². The zero-order valence-electron chi connectivity index (χ0n) is 8.72. The second kappa shape index (κ2) is 5.01. The van der Waals surface area contributed by atoms with E-state index in [0.717, 1.165) is 12.3 Å². The Bertz CT molecular complexity index is 389. The smallest absolute Gasteiger partial charge is 0.434 e. The number of ether oxygens (including phenoxy) is 1. The van der Waals surface area contributed by atoms with Gasteiger partial charge in [0.05, 0.1) is 0 Å². The molecule has 0 saturated carbocycles. The van der Waals surface area contributed by atoms with E-state index in [2.05, 4.69) is 9.72 Å². The van der Waals surface area contributed by atoms with Crippen LogP contribution in [-0.2, 0) is 6.54 Å². The third-order valence-electron chi connectivity index (χ3n) is 1.87. The highest BCUT2D eigenvalue weighted by Gasteiger charge is 2.59. The molecule has 1 heterocycles. The highest BCUT2D eigenvalue weighted by Crippen LogP contribution is 2.36. The Labute approximate surface area is 97.6 Å². The Hall–Kier alpha value is -1.51. The first-order valence-electron chi connectivity index (χ1n) is 4.59. The van der Waals surface area contributed by atoms with E-state index < -0.39 is 24.3 Å². The molecule has 0 aliphatic carbocycles. The summed E-state index contributed by atoms with van der Waals surface area (Å²) in [6.07, 6.45) is -14.0. The van der Waals surface area contributed by atoms with Crippen LogP contribution in [0.25, 0.3) is 0 Å². The maximum atomic E-state index is 12.2. The molecule has 0 unspecified atom stereocenters. The molecule has 0 radical (unpaired) electrons. The molecule has 9 heteroatoms. The van der Waals surface area contributed by atoms with E-state index >= 15 is 0 Å². The van der Waals surface area contributed by atoms with Gasteiger partial charge in [-0.05, 0) is 11.6 Å². The number of aromatic nitrogens is 1. The van der Waals surface area contributed by atoms with Crippen LogP contribution in [0, 0.1) is 0 Å². The lowest BCUT2D eigenvalue weighted by molar-refractivity contribution is -0.300. The Morgan fingerprint density at radius 3 is 2.17 bits per heavy atom. The minimum atomic E-state index is -5.57. The standard InChI is InChI=1S/C9H8F6N2O/c10-8(11,12)7(9(13,14)15)18-6-3-5(4-16)1-2-17-6/h1-3,7H,4,16H2. The molecule has 1 rings (SSSR count). The summed E-state index contributed by atoms with van der Waals surface area (Å²) < 4.78 is 77.0. The van der Waals surface area contributed by atoms with Gasteiger partial charge >= 0.3 is 12.4 Å². The van der Waals surface area contributed by atoms with Crippen molar-refractivity contribution in [2.75, 3.05) is 0 Å². The van der Waals surface area contributed by atoms with Crippen LogP contribution in [-0.4, -0.2) is 23.4 Å².